The number of halogens is 2. The van der Waals surface area contributed by atoms with Crippen molar-refractivity contribution in [3.8, 4) is 34.2 Å². The second-order valence-electron chi connectivity index (χ2n) is 8.06. The lowest BCUT2D eigenvalue weighted by Crippen LogP contribution is -2.33. The van der Waals surface area contributed by atoms with Gasteiger partial charge in [-0.15, -0.1) is 0 Å². The Balaban J connectivity index is 1.98. The molecule has 1 fully saturated rings. The van der Waals surface area contributed by atoms with Gasteiger partial charge in [-0.25, -0.2) is 13.8 Å². The monoisotopic (exact) mass is 450 g/mol. The maximum atomic E-state index is 14.5. The van der Waals surface area contributed by atoms with E-state index in [9.17, 15) is 13.6 Å². The lowest BCUT2D eigenvalue weighted by molar-refractivity contribution is 0.386. The molecule has 0 spiro atoms. The van der Waals surface area contributed by atoms with Crippen LogP contribution < -0.4 is 15.2 Å². The fourth-order valence-electron chi connectivity index (χ4n) is 4.19. The highest BCUT2D eigenvalue weighted by Crippen LogP contribution is 2.33. The first-order chi connectivity index (χ1) is 15.9. The van der Waals surface area contributed by atoms with E-state index in [-0.39, 0.29) is 28.1 Å². The topological polar surface area (TPSA) is 71.2 Å². The highest BCUT2D eigenvalue weighted by molar-refractivity contribution is 5.81. The minimum Gasteiger partial charge on any atom is -0.494 e. The lowest BCUT2D eigenvalue weighted by atomic mass is 9.99. The first-order valence-electron chi connectivity index (χ1n) is 10.8. The fraction of sp³-hybridized carbons (Fsp3) is 0.320. The Morgan fingerprint density at radius 1 is 1.00 bits per heavy atom. The normalized spacial score (nSPS) is 14.0. The molecule has 0 unspecified atom stereocenters. The number of anilines is 1. The second kappa shape index (κ2) is 9.41. The summed E-state index contributed by atoms with van der Waals surface area (Å²) in [6.07, 6.45) is 4.20. The smallest absolute Gasteiger partial charge is 0.263 e. The van der Waals surface area contributed by atoms with Crippen molar-refractivity contribution >= 4 is 5.95 Å². The molecule has 0 radical (unpaired) electrons. The molecule has 2 aromatic carbocycles. The van der Waals surface area contributed by atoms with E-state index in [1.54, 1.807) is 25.2 Å². The summed E-state index contributed by atoms with van der Waals surface area (Å²) in [6.45, 7) is 1.52. The Morgan fingerprint density at radius 2 is 1.67 bits per heavy atom. The van der Waals surface area contributed by atoms with E-state index in [4.69, 9.17) is 15.0 Å². The van der Waals surface area contributed by atoms with Crippen LogP contribution in [-0.4, -0.2) is 29.8 Å². The van der Waals surface area contributed by atoms with Gasteiger partial charge in [0.15, 0.2) is 11.6 Å². The molecule has 0 bridgehead atoms. The van der Waals surface area contributed by atoms with Crippen LogP contribution in [0.1, 0.15) is 31.2 Å². The molecule has 6 nitrogen and oxygen atoms in total. The Labute approximate surface area is 190 Å². The molecular formula is C25H24F2N4O2. The number of ether oxygens (including phenoxy) is 1. The zero-order valence-corrected chi connectivity index (χ0v) is 18.6. The van der Waals surface area contributed by atoms with E-state index in [0.29, 0.717) is 17.1 Å². The minimum atomic E-state index is -0.708. The number of benzene rings is 2. The van der Waals surface area contributed by atoms with Gasteiger partial charge in [0.1, 0.15) is 11.9 Å². The molecule has 33 heavy (non-hydrogen) atoms. The van der Waals surface area contributed by atoms with Gasteiger partial charge in [0.2, 0.25) is 5.95 Å². The summed E-state index contributed by atoms with van der Waals surface area (Å²) < 4.78 is 35.5. The Bertz CT molecular complexity index is 1290. The standard InChI is InChI=1S/C25H24F2N4O2/c1-30-24(32)22(16-9-10-21(33-2)20(27)13-16)23(17-7-8-18(15-28)19(26)14-17)29-25(30)31-11-5-3-4-6-12-31/h7-10,13-14H,3-6,11-12H2,1-2H3. The van der Waals surface area contributed by atoms with Crippen LogP contribution in [0.4, 0.5) is 14.7 Å². The summed E-state index contributed by atoms with van der Waals surface area (Å²) in [7, 11) is 3.00. The van der Waals surface area contributed by atoms with Crippen LogP contribution in [0, 0.1) is 23.0 Å². The van der Waals surface area contributed by atoms with Crippen LogP contribution in [0.2, 0.25) is 0 Å². The number of aromatic nitrogens is 2. The van der Waals surface area contributed by atoms with Crippen molar-refractivity contribution in [3.05, 3.63) is 63.9 Å². The molecule has 0 aliphatic carbocycles. The summed E-state index contributed by atoms with van der Waals surface area (Å²) in [6, 6.07) is 10.1. The first-order valence-corrected chi connectivity index (χ1v) is 10.8. The predicted octanol–water partition coefficient (Wildman–Crippen LogP) is 4.65. The second-order valence-corrected chi connectivity index (χ2v) is 8.06. The van der Waals surface area contributed by atoms with Crippen molar-refractivity contribution in [2.45, 2.75) is 25.7 Å². The summed E-state index contributed by atoms with van der Waals surface area (Å²) in [5.74, 6) is -0.790. The summed E-state index contributed by atoms with van der Waals surface area (Å²) in [4.78, 5) is 20.4. The van der Waals surface area contributed by atoms with Crippen molar-refractivity contribution < 1.29 is 13.5 Å². The van der Waals surface area contributed by atoms with Crippen LogP contribution in [0.15, 0.2) is 41.2 Å². The third-order valence-electron chi connectivity index (χ3n) is 5.96. The number of nitrogens with zero attached hydrogens (tertiary/aromatic N) is 4. The molecule has 8 heteroatoms. The average Bonchev–Trinajstić information content (AvgIpc) is 3.10. The van der Waals surface area contributed by atoms with Gasteiger partial charge in [-0.3, -0.25) is 9.36 Å². The van der Waals surface area contributed by atoms with E-state index in [2.05, 4.69) is 4.90 Å². The third kappa shape index (κ3) is 4.31. The highest BCUT2D eigenvalue weighted by Gasteiger charge is 2.23. The Kier molecular flexibility index (Phi) is 6.40. The summed E-state index contributed by atoms with van der Waals surface area (Å²) in [5.41, 5.74) is 0.572. The van der Waals surface area contributed by atoms with E-state index in [1.165, 1.54) is 35.9 Å². The lowest BCUT2D eigenvalue weighted by Gasteiger charge is -2.25. The number of rotatable bonds is 4. The molecule has 1 aliphatic heterocycles. The molecule has 0 atom stereocenters. The molecule has 2 heterocycles. The van der Waals surface area contributed by atoms with Crippen molar-refractivity contribution in [1.29, 1.82) is 5.26 Å². The molecule has 1 aromatic heterocycles. The van der Waals surface area contributed by atoms with Gasteiger partial charge >= 0.3 is 0 Å². The largest absolute Gasteiger partial charge is 0.494 e. The van der Waals surface area contributed by atoms with Crippen LogP contribution >= 0.6 is 0 Å². The van der Waals surface area contributed by atoms with Crippen LogP contribution in [-0.2, 0) is 7.05 Å². The maximum Gasteiger partial charge on any atom is 0.263 e. The average molecular weight is 450 g/mol. The van der Waals surface area contributed by atoms with Gasteiger partial charge in [0.25, 0.3) is 5.56 Å². The number of nitriles is 1. The number of methoxy groups -OCH3 is 1. The van der Waals surface area contributed by atoms with E-state index in [0.717, 1.165) is 38.8 Å². The van der Waals surface area contributed by atoms with Crippen LogP contribution in [0.5, 0.6) is 5.75 Å². The maximum absolute atomic E-state index is 14.5. The quantitative estimate of drug-likeness (QED) is 0.579. The van der Waals surface area contributed by atoms with E-state index in [1.807, 2.05) is 0 Å². The molecule has 1 aliphatic rings. The Hall–Kier alpha value is -3.73. The first kappa shape index (κ1) is 22.5. The van der Waals surface area contributed by atoms with Gasteiger partial charge in [-0.2, -0.15) is 5.26 Å². The minimum absolute atomic E-state index is 0.0516. The Morgan fingerprint density at radius 3 is 2.27 bits per heavy atom. The molecule has 0 saturated carbocycles. The van der Waals surface area contributed by atoms with Gasteiger partial charge < -0.3 is 9.64 Å². The van der Waals surface area contributed by atoms with Gasteiger partial charge in [-0.1, -0.05) is 25.0 Å². The van der Waals surface area contributed by atoms with Gasteiger partial charge in [0, 0.05) is 25.7 Å². The van der Waals surface area contributed by atoms with E-state index >= 15 is 0 Å². The van der Waals surface area contributed by atoms with E-state index < -0.39 is 11.6 Å². The van der Waals surface area contributed by atoms with Crippen molar-refractivity contribution in [3.63, 3.8) is 0 Å². The molecule has 4 rings (SSSR count). The fourth-order valence-corrected chi connectivity index (χ4v) is 4.19. The van der Waals surface area contributed by atoms with Crippen molar-refractivity contribution in [1.82, 2.24) is 9.55 Å². The SMILES string of the molecule is COc1ccc(-c2c(-c3ccc(C#N)c(F)c3)nc(N3CCCCCC3)n(C)c2=O)cc1F. The highest BCUT2D eigenvalue weighted by atomic mass is 19.1. The predicted molar refractivity (Wildman–Crippen MR) is 122 cm³/mol. The molecule has 0 N–H and O–H groups in total. The number of hydrogen-bond acceptors (Lipinski definition) is 5. The zero-order valence-electron chi connectivity index (χ0n) is 18.6. The number of hydrogen-bond donors (Lipinski definition) is 0. The molecular weight excluding hydrogens is 426 g/mol. The van der Waals surface area contributed by atoms with Crippen molar-refractivity contribution in [2.75, 3.05) is 25.1 Å². The van der Waals surface area contributed by atoms with Crippen LogP contribution in [0.25, 0.3) is 22.4 Å². The zero-order chi connectivity index (χ0) is 23.5. The summed E-state index contributed by atoms with van der Waals surface area (Å²) in [5, 5.41) is 9.09. The molecule has 1 saturated heterocycles. The van der Waals surface area contributed by atoms with Crippen LogP contribution in [0.3, 0.4) is 0 Å². The molecule has 0 amide bonds. The molecule has 3 aromatic rings. The molecule has 170 valence electrons. The third-order valence-corrected chi connectivity index (χ3v) is 5.96. The van der Waals surface area contributed by atoms with Crippen molar-refractivity contribution in [2.24, 2.45) is 7.05 Å². The van der Waals surface area contributed by atoms with Gasteiger partial charge in [-0.05, 0) is 42.7 Å². The van der Waals surface area contributed by atoms with Gasteiger partial charge in [0.05, 0.1) is 23.9 Å². The summed E-state index contributed by atoms with van der Waals surface area (Å²) >= 11 is 0.